The predicted octanol–water partition coefficient (Wildman–Crippen LogP) is 1.69. The summed E-state index contributed by atoms with van der Waals surface area (Å²) in [6.45, 7) is 5.96. The lowest BCUT2D eigenvalue weighted by atomic mass is 10.0. The summed E-state index contributed by atoms with van der Waals surface area (Å²) in [6, 6.07) is 3.78. The number of hydrogen-bond donors (Lipinski definition) is 1. The van der Waals surface area contributed by atoms with Gasteiger partial charge in [0.1, 0.15) is 5.69 Å². The van der Waals surface area contributed by atoms with E-state index in [1.165, 1.54) is 12.1 Å². The first-order valence-electron chi connectivity index (χ1n) is 6.23. The molecule has 0 aliphatic carbocycles. The maximum atomic E-state index is 11.1. The minimum absolute atomic E-state index is 0.159. The molecule has 1 saturated heterocycles. The van der Waals surface area contributed by atoms with E-state index >= 15 is 0 Å². The maximum absolute atomic E-state index is 11.1. The van der Waals surface area contributed by atoms with Crippen molar-refractivity contribution in [2.24, 2.45) is 0 Å². The van der Waals surface area contributed by atoms with Crippen LogP contribution in [0.5, 0.6) is 0 Å². The molecule has 0 bridgehead atoms. The van der Waals surface area contributed by atoms with Crippen molar-refractivity contribution >= 4 is 17.1 Å². The molecular weight excluding hydrogens is 264 g/mol. The highest BCUT2D eigenvalue weighted by atomic mass is 16.6. The summed E-state index contributed by atoms with van der Waals surface area (Å²) in [5.74, 6) is 0. The number of nitro benzene ring substituents is 2. The highest BCUT2D eigenvalue weighted by Gasteiger charge is 2.30. The number of nitro groups is 2. The summed E-state index contributed by atoms with van der Waals surface area (Å²) in [5, 5.41) is 25.2. The van der Waals surface area contributed by atoms with Crippen LogP contribution in [0, 0.1) is 20.2 Å². The van der Waals surface area contributed by atoms with Crippen LogP contribution in [0.15, 0.2) is 18.2 Å². The van der Waals surface area contributed by atoms with E-state index in [1.807, 2.05) is 18.7 Å². The summed E-state index contributed by atoms with van der Waals surface area (Å²) in [6.07, 6.45) is 0. The number of nitrogens with one attached hydrogen (secondary N) is 1. The van der Waals surface area contributed by atoms with Crippen molar-refractivity contribution in [3.8, 4) is 0 Å². The fraction of sp³-hybridized carbons (Fsp3) is 0.500. The van der Waals surface area contributed by atoms with Crippen molar-refractivity contribution in [1.29, 1.82) is 0 Å². The fourth-order valence-corrected chi connectivity index (χ4v) is 2.39. The molecule has 2 rings (SSSR count). The van der Waals surface area contributed by atoms with Gasteiger partial charge in [0, 0.05) is 31.2 Å². The molecule has 1 fully saturated rings. The first-order chi connectivity index (χ1) is 9.30. The highest BCUT2D eigenvalue weighted by Crippen LogP contribution is 2.33. The molecule has 0 radical (unpaired) electrons. The predicted molar refractivity (Wildman–Crippen MR) is 74.0 cm³/mol. The molecule has 8 nitrogen and oxygen atoms in total. The van der Waals surface area contributed by atoms with Gasteiger partial charge in [-0.05, 0) is 19.9 Å². The summed E-state index contributed by atoms with van der Waals surface area (Å²) in [4.78, 5) is 22.6. The van der Waals surface area contributed by atoms with Gasteiger partial charge in [-0.2, -0.15) is 0 Å². The van der Waals surface area contributed by atoms with Gasteiger partial charge in [-0.3, -0.25) is 20.2 Å². The minimum Gasteiger partial charge on any atom is -0.363 e. The first kappa shape index (κ1) is 14.2. The SMILES string of the molecule is CC1(C)CN(c2ccc([N+](=O)[O-])cc2[N+](=O)[O-])CCN1. The van der Waals surface area contributed by atoms with Crippen molar-refractivity contribution in [2.75, 3.05) is 24.5 Å². The Kier molecular flexibility index (Phi) is 3.58. The van der Waals surface area contributed by atoms with Crippen molar-refractivity contribution in [1.82, 2.24) is 5.32 Å². The van der Waals surface area contributed by atoms with Gasteiger partial charge in [0.05, 0.1) is 15.9 Å². The van der Waals surface area contributed by atoms with Gasteiger partial charge in [0.2, 0.25) is 0 Å². The Bertz CT molecular complexity index is 558. The summed E-state index contributed by atoms with van der Waals surface area (Å²) in [7, 11) is 0. The summed E-state index contributed by atoms with van der Waals surface area (Å²) >= 11 is 0. The van der Waals surface area contributed by atoms with E-state index in [4.69, 9.17) is 0 Å². The van der Waals surface area contributed by atoms with E-state index in [1.54, 1.807) is 0 Å². The Balaban J connectivity index is 2.40. The molecule has 0 atom stereocenters. The number of rotatable bonds is 3. The lowest BCUT2D eigenvalue weighted by Gasteiger charge is -2.40. The van der Waals surface area contributed by atoms with Crippen molar-refractivity contribution in [2.45, 2.75) is 19.4 Å². The molecule has 20 heavy (non-hydrogen) atoms. The average molecular weight is 280 g/mol. The van der Waals surface area contributed by atoms with Crippen LogP contribution in [0.25, 0.3) is 0 Å². The van der Waals surface area contributed by atoms with Gasteiger partial charge in [-0.25, -0.2) is 0 Å². The molecule has 0 unspecified atom stereocenters. The van der Waals surface area contributed by atoms with Crippen LogP contribution >= 0.6 is 0 Å². The smallest absolute Gasteiger partial charge is 0.299 e. The third kappa shape index (κ3) is 2.85. The van der Waals surface area contributed by atoms with Crippen LogP contribution in [0.1, 0.15) is 13.8 Å². The lowest BCUT2D eigenvalue weighted by Crippen LogP contribution is -2.57. The van der Waals surface area contributed by atoms with Crippen LogP contribution in [-0.2, 0) is 0 Å². The van der Waals surface area contributed by atoms with E-state index in [-0.39, 0.29) is 16.9 Å². The topological polar surface area (TPSA) is 102 Å². The Morgan fingerprint density at radius 1 is 1.25 bits per heavy atom. The second-order valence-corrected chi connectivity index (χ2v) is 5.42. The van der Waals surface area contributed by atoms with Crippen molar-refractivity contribution in [3.05, 3.63) is 38.4 Å². The van der Waals surface area contributed by atoms with E-state index in [0.29, 0.717) is 25.3 Å². The molecule has 1 aliphatic heterocycles. The van der Waals surface area contributed by atoms with Crippen LogP contribution < -0.4 is 10.2 Å². The zero-order chi connectivity index (χ0) is 14.9. The molecule has 0 saturated carbocycles. The quantitative estimate of drug-likeness (QED) is 0.667. The number of hydrogen-bond acceptors (Lipinski definition) is 6. The maximum Gasteiger partial charge on any atom is 0.299 e. The minimum atomic E-state index is -0.627. The van der Waals surface area contributed by atoms with Gasteiger partial charge >= 0.3 is 0 Å². The van der Waals surface area contributed by atoms with E-state index in [9.17, 15) is 20.2 Å². The Hall–Kier alpha value is -2.22. The Labute approximate surface area is 115 Å². The van der Waals surface area contributed by atoms with Crippen LogP contribution in [0.4, 0.5) is 17.1 Å². The number of non-ortho nitro benzene ring substituents is 1. The standard InChI is InChI=1S/C12H16N4O4/c1-12(2)8-14(6-5-13-12)10-4-3-9(15(17)18)7-11(10)16(19)20/h3-4,7,13H,5-6,8H2,1-2H3. The second-order valence-electron chi connectivity index (χ2n) is 5.42. The summed E-state index contributed by atoms with van der Waals surface area (Å²) in [5.41, 5.74) is -0.227. The normalized spacial score (nSPS) is 17.8. The second kappa shape index (κ2) is 5.04. The van der Waals surface area contributed by atoms with Gasteiger partial charge < -0.3 is 10.2 Å². The van der Waals surface area contributed by atoms with Gasteiger partial charge in [-0.1, -0.05) is 0 Å². The van der Waals surface area contributed by atoms with Gasteiger partial charge in [0.25, 0.3) is 11.4 Å². The molecular formula is C12H16N4O4. The molecule has 108 valence electrons. The molecule has 0 amide bonds. The third-order valence-electron chi connectivity index (χ3n) is 3.28. The average Bonchev–Trinajstić information content (AvgIpc) is 2.36. The van der Waals surface area contributed by atoms with Crippen LogP contribution in [0.3, 0.4) is 0 Å². The third-order valence-corrected chi connectivity index (χ3v) is 3.28. The molecule has 1 aliphatic rings. The number of piperazine rings is 1. The molecule has 8 heteroatoms. The fourth-order valence-electron chi connectivity index (χ4n) is 2.39. The zero-order valence-corrected chi connectivity index (χ0v) is 11.3. The summed E-state index contributed by atoms with van der Waals surface area (Å²) < 4.78 is 0. The van der Waals surface area contributed by atoms with Crippen molar-refractivity contribution in [3.63, 3.8) is 0 Å². The van der Waals surface area contributed by atoms with E-state index < -0.39 is 9.85 Å². The highest BCUT2D eigenvalue weighted by molar-refractivity contribution is 5.67. The number of benzene rings is 1. The molecule has 1 aromatic carbocycles. The Morgan fingerprint density at radius 3 is 2.50 bits per heavy atom. The Morgan fingerprint density at radius 2 is 1.95 bits per heavy atom. The molecule has 1 aromatic rings. The van der Waals surface area contributed by atoms with Gasteiger partial charge in [0.15, 0.2) is 0 Å². The van der Waals surface area contributed by atoms with Crippen LogP contribution in [-0.4, -0.2) is 35.0 Å². The van der Waals surface area contributed by atoms with Gasteiger partial charge in [-0.15, -0.1) is 0 Å². The van der Waals surface area contributed by atoms with Crippen LogP contribution in [0.2, 0.25) is 0 Å². The van der Waals surface area contributed by atoms with Crippen molar-refractivity contribution < 1.29 is 9.85 Å². The molecule has 1 heterocycles. The largest absolute Gasteiger partial charge is 0.363 e. The van der Waals surface area contributed by atoms with E-state index in [0.717, 1.165) is 6.07 Å². The molecule has 0 aromatic heterocycles. The first-order valence-corrected chi connectivity index (χ1v) is 6.23. The molecule has 1 N–H and O–H groups in total. The molecule has 0 spiro atoms. The number of nitrogens with zero attached hydrogens (tertiary/aromatic N) is 3. The zero-order valence-electron chi connectivity index (χ0n) is 11.3. The number of anilines is 1. The monoisotopic (exact) mass is 280 g/mol. The lowest BCUT2D eigenvalue weighted by molar-refractivity contribution is -0.393. The van der Waals surface area contributed by atoms with E-state index in [2.05, 4.69) is 5.32 Å².